The van der Waals surface area contributed by atoms with Crippen molar-refractivity contribution in [3.63, 3.8) is 0 Å². The molecule has 0 fully saturated rings. The van der Waals surface area contributed by atoms with Crippen molar-refractivity contribution in [2.45, 2.75) is 19.3 Å². The van der Waals surface area contributed by atoms with Crippen molar-refractivity contribution < 1.29 is 0 Å². The van der Waals surface area contributed by atoms with E-state index in [0.29, 0.717) is 5.92 Å². The molecule has 100 valence electrons. The summed E-state index contributed by atoms with van der Waals surface area (Å²) >= 11 is 0. The number of hydrogen-bond donors (Lipinski definition) is 1. The predicted octanol–water partition coefficient (Wildman–Crippen LogP) is 4.42. The Morgan fingerprint density at radius 1 is 1.00 bits per heavy atom. The molecule has 0 aliphatic rings. The molecule has 0 saturated carbocycles. The van der Waals surface area contributed by atoms with Gasteiger partial charge in [-0.2, -0.15) is 0 Å². The maximum Gasteiger partial charge on any atom is 0.106 e. The first-order chi connectivity index (χ1) is 9.84. The highest BCUT2D eigenvalue weighted by Gasteiger charge is 2.13. The quantitative estimate of drug-likeness (QED) is 0.740. The van der Waals surface area contributed by atoms with E-state index in [0.717, 1.165) is 12.2 Å². The molecule has 0 radical (unpaired) electrons. The molecule has 2 heteroatoms. The number of nitrogens with one attached hydrogen (secondary N) is 1. The zero-order chi connectivity index (χ0) is 13.8. The molecule has 1 N–H and O–H groups in total. The number of hydrogen-bond acceptors (Lipinski definition) is 1. The molecule has 1 atom stereocenters. The highest BCUT2D eigenvalue weighted by molar-refractivity contribution is 5.67. The summed E-state index contributed by atoms with van der Waals surface area (Å²) in [4.78, 5) is 7.51. The monoisotopic (exact) mass is 262 g/mol. The number of aromatic nitrogens is 2. The van der Waals surface area contributed by atoms with Gasteiger partial charge in [0.25, 0.3) is 0 Å². The summed E-state index contributed by atoms with van der Waals surface area (Å²) < 4.78 is 0. The van der Waals surface area contributed by atoms with E-state index in [1.165, 1.54) is 16.7 Å². The molecule has 2 aromatic carbocycles. The second-order valence-electron chi connectivity index (χ2n) is 5.09. The van der Waals surface area contributed by atoms with Gasteiger partial charge in [0.1, 0.15) is 5.82 Å². The highest BCUT2D eigenvalue weighted by atomic mass is 14.9. The van der Waals surface area contributed by atoms with Crippen LogP contribution in [-0.4, -0.2) is 9.97 Å². The van der Waals surface area contributed by atoms with Crippen molar-refractivity contribution in [1.82, 2.24) is 9.97 Å². The van der Waals surface area contributed by atoms with E-state index in [1.54, 1.807) is 0 Å². The van der Waals surface area contributed by atoms with Crippen LogP contribution in [0.4, 0.5) is 0 Å². The van der Waals surface area contributed by atoms with Crippen molar-refractivity contribution in [3.8, 4) is 11.1 Å². The summed E-state index contributed by atoms with van der Waals surface area (Å²) in [6, 6.07) is 19.2. The molecule has 0 amide bonds. The van der Waals surface area contributed by atoms with Crippen LogP contribution >= 0.6 is 0 Å². The van der Waals surface area contributed by atoms with E-state index in [2.05, 4.69) is 71.5 Å². The van der Waals surface area contributed by atoms with Crippen LogP contribution in [0.3, 0.4) is 0 Å². The Balaban J connectivity index is 1.93. The van der Waals surface area contributed by atoms with Gasteiger partial charge in [0, 0.05) is 18.8 Å². The van der Waals surface area contributed by atoms with Gasteiger partial charge < -0.3 is 4.98 Å². The minimum atomic E-state index is 0.428. The Labute approximate surface area is 119 Å². The number of benzene rings is 2. The van der Waals surface area contributed by atoms with Crippen LogP contribution in [0.1, 0.15) is 24.2 Å². The van der Waals surface area contributed by atoms with Crippen molar-refractivity contribution >= 4 is 0 Å². The third-order valence-electron chi connectivity index (χ3n) is 3.63. The smallest absolute Gasteiger partial charge is 0.106 e. The first kappa shape index (κ1) is 12.7. The maximum atomic E-state index is 4.33. The number of nitrogens with zero attached hydrogens (tertiary/aromatic N) is 1. The van der Waals surface area contributed by atoms with E-state index in [4.69, 9.17) is 0 Å². The number of aromatic amines is 1. The minimum Gasteiger partial charge on any atom is -0.349 e. The summed E-state index contributed by atoms with van der Waals surface area (Å²) in [6.07, 6.45) is 4.62. The van der Waals surface area contributed by atoms with Gasteiger partial charge in [0.05, 0.1) is 0 Å². The van der Waals surface area contributed by atoms with Crippen LogP contribution < -0.4 is 0 Å². The number of H-pyrrole nitrogens is 1. The Morgan fingerprint density at radius 2 is 1.75 bits per heavy atom. The summed E-state index contributed by atoms with van der Waals surface area (Å²) in [5, 5.41) is 0. The predicted molar refractivity (Wildman–Crippen MR) is 82.6 cm³/mol. The van der Waals surface area contributed by atoms with E-state index < -0.39 is 0 Å². The third-order valence-corrected chi connectivity index (χ3v) is 3.63. The largest absolute Gasteiger partial charge is 0.349 e. The van der Waals surface area contributed by atoms with Gasteiger partial charge in [0.15, 0.2) is 0 Å². The topological polar surface area (TPSA) is 28.7 Å². The Morgan fingerprint density at radius 3 is 2.50 bits per heavy atom. The van der Waals surface area contributed by atoms with Crippen LogP contribution in [0.15, 0.2) is 67.0 Å². The van der Waals surface area contributed by atoms with E-state index >= 15 is 0 Å². The molecule has 1 unspecified atom stereocenters. The van der Waals surface area contributed by atoms with Gasteiger partial charge in [-0.05, 0) is 22.6 Å². The molecule has 20 heavy (non-hydrogen) atoms. The zero-order valence-corrected chi connectivity index (χ0v) is 11.6. The van der Waals surface area contributed by atoms with E-state index in [-0.39, 0.29) is 0 Å². The number of imidazole rings is 1. The molecule has 0 spiro atoms. The lowest BCUT2D eigenvalue weighted by molar-refractivity contribution is 0.728. The van der Waals surface area contributed by atoms with Gasteiger partial charge in [-0.3, -0.25) is 0 Å². The van der Waals surface area contributed by atoms with Crippen LogP contribution in [0.5, 0.6) is 0 Å². The second kappa shape index (κ2) is 5.74. The fourth-order valence-corrected chi connectivity index (χ4v) is 2.62. The van der Waals surface area contributed by atoms with Crippen molar-refractivity contribution in [1.29, 1.82) is 0 Å². The lowest BCUT2D eigenvalue weighted by atomic mass is 9.89. The Bertz CT molecular complexity index is 657. The lowest BCUT2D eigenvalue weighted by Crippen LogP contribution is -2.02. The molecule has 0 aliphatic heterocycles. The van der Waals surface area contributed by atoms with E-state index in [1.807, 2.05) is 12.4 Å². The fraction of sp³-hybridized carbons (Fsp3) is 0.167. The summed E-state index contributed by atoms with van der Waals surface area (Å²) in [5.74, 6) is 1.47. The maximum absolute atomic E-state index is 4.33. The Hall–Kier alpha value is -2.35. The SMILES string of the molecule is CC(Cc1ncc[nH]1)c1ccccc1-c1ccccc1. The fourth-order valence-electron chi connectivity index (χ4n) is 2.62. The first-order valence-electron chi connectivity index (χ1n) is 6.97. The number of rotatable bonds is 4. The molecule has 3 aromatic rings. The van der Waals surface area contributed by atoms with Crippen molar-refractivity contribution in [3.05, 3.63) is 78.4 Å². The summed E-state index contributed by atoms with van der Waals surface area (Å²) in [6.45, 7) is 2.25. The standard InChI is InChI=1S/C18H18N2/c1-14(13-18-19-11-12-20-18)16-9-5-6-10-17(16)15-7-3-2-4-8-15/h2-12,14H,13H2,1H3,(H,19,20). The molecule has 0 aliphatic carbocycles. The molecular formula is C18H18N2. The second-order valence-corrected chi connectivity index (χ2v) is 5.09. The molecule has 1 aromatic heterocycles. The minimum absolute atomic E-state index is 0.428. The molecular weight excluding hydrogens is 244 g/mol. The first-order valence-corrected chi connectivity index (χ1v) is 6.97. The molecule has 1 heterocycles. The summed E-state index contributed by atoms with van der Waals surface area (Å²) in [7, 11) is 0. The normalized spacial score (nSPS) is 12.2. The third kappa shape index (κ3) is 2.64. The zero-order valence-electron chi connectivity index (χ0n) is 11.6. The van der Waals surface area contributed by atoms with Crippen LogP contribution in [-0.2, 0) is 6.42 Å². The van der Waals surface area contributed by atoms with Crippen LogP contribution in [0.2, 0.25) is 0 Å². The highest BCUT2D eigenvalue weighted by Crippen LogP contribution is 2.30. The lowest BCUT2D eigenvalue weighted by Gasteiger charge is -2.16. The van der Waals surface area contributed by atoms with Gasteiger partial charge in [-0.1, -0.05) is 61.5 Å². The van der Waals surface area contributed by atoms with Gasteiger partial charge in [-0.25, -0.2) is 4.98 Å². The van der Waals surface area contributed by atoms with Gasteiger partial charge in [0.2, 0.25) is 0 Å². The summed E-state index contributed by atoms with van der Waals surface area (Å²) in [5.41, 5.74) is 3.96. The van der Waals surface area contributed by atoms with Crippen LogP contribution in [0, 0.1) is 0 Å². The molecule has 3 rings (SSSR count). The average Bonchev–Trinajstić information content (AvgIpc) is 3.01. The Kier molecular flexibility index (Phi) is 3.64. The molecule has 0 bridgehead atoms. The van der Waals surface area contributed by atoms with Crippen molar-refractivity contribution in [2.24, 2.45) is 0 Å². The average molecular weight is 262 g/mol. The van der Waals surface area contributed by atoms with Gasteiger partial charge >= 0.3 is 0 Å². The molecule has 0 saturated heterocycles. The van der Waals surface area contributed by atoms with Crippen molar-refractivity contribution in [2.75, 3.05) is 0 Å². The van der Waals surface area contributed by atoms with Crippen LogP contribution in [0.25, 0.3) is 11.1 Å². The van der Waals surface area contributed by atoms with Gasteiger partial charge in [-0.15, -0.1) is 0 Å². The molecule has 2 nitrogen and oxygen atoms in total. The van der Waals surface area contributed by atoms with E-state index in [9.17, 15) is 0 Å².